The van der Waals surface area contributed by atoms with Crippen molar-refractivity contribution in [1.82, 2.24) is 0 Å². The quantitative estimate of drug-likeness (QED) is 0.620. The van der Waals surface area contributed by atoms with E-state index in [1.54, 1.807) is 0 Å². The Kier molecular flexibility index (Phi) is 2.69. The molecule has 0 heteroatoms. The fourth-order valence-corrected chi connectivity index (χ4v) is 1.47. The van der Waals surface area contributed by atoms with Crippen LogP contribution in [0.25, 0.3) is 0 Å². The van der Waals surface area contributed by atoms with E-state index in [2.05, 4.69) is 45.6 Å². The summed E-state index contributed by atoms with van der Waals surface area (Å²) in [6.07, 6.45) is 2.94. The first kappa shape index (κ1) is 9.05. The lowest BCUT2D eigenvalue weighted by Crippen LogP contribution is -1.93. The van der Waals surface area contributed by atoms with Gasteiger partial charge in [0.15, 0.2) is 0 Å². The minimum absolute atomic E-state index is 0.582. The summed E-state index contributed by atoms with van der Waals surface area (Å²) in [5, 5.41) is 0. The Morgan fingerprint density at radius 2 is 2.00 bits per heavy atom. The molecule has 0 N–H and O–H groups in total. The molecule has 0 aliphatic rings. The largest absolute Gasteiger partial charge is 0.0905 e. The molecule has 0 atom stereocenters. The van der Waals surface area contributed by atoms with Crippen LogP contribution in [0.5, 0.6) is 0 Å². The van der Waals surface area contributed by atoms with Crippen LogP contribution < -0.4 is 0 Å². The van der Waals surface area contributed by atoms with Crippen LogP contribution in [-0.4, -0.2) is 0 Å². The summed E-state index contributed by atoms with van der Waals surface area (Å²) in [4.78, 5) is 0. The number of hydrogen-bond donors (Lipinski definition) is 0. The van der Waals surface area contributed by atoms with Gasteiger partial charge in [-0.15, -0.1) is 0 Å². The third kappa shape index (κ3) is 1.58. The lowest BCUT2D eigenvalue weighted by Gasteiger charge is -2.11. The molecule has 0 aromatic heterocycles. The van der Waals surface area contributed by atoms with Crippen LogP contribution in [0.15, 0.2) is 24.8 Å². The van der Waals surface area contributed by atoms with Crippen LogP contribution in [0.3, 0.4) is 0 Å². The summed E-state index contributed by atoms with van der Waals surface area (Å²) in [5.74, 6) is 0.582. The van der Waals surface area contributed by atoms with Gasteiger partial charge >= 0.3 is 0 Å². The van der Waals surface area contributed by atoms with E-state index in [-0.39, 0.29) is 0 Å². The normalized spacial score (nSPS) is 10.3. The lowest BCUT2D eigenvalue weighted by molar-refractivity contribution is 0.855. The molecule has 0 spiro atoms. The van der Waals surface area contributed by atoms with Gasteiger partial charge in [-0.25, -0.2) is 0 Å². The number of rotatable bonds is 2. The van der Waals surface area contributed by atoms with E-state index < -0.39 is 0 Å². The van der Waals surface area contributed by atoms with E-state index >= 15 is 0 Å². The predicted molar refractivity (Wildman–Crippen MR) is 53.2 cm³/mol. The number of hydrogen-bond acceptors (Lipinski definition) is 0. The Labute approximate surface area is 74.9 Å². The van der Waals surface area contributed by atoms with E-state index in [9.17, 15) is 0 Å². The molecule has 0 unspecified atom stereocenters. The Morgan fingerprint density at radius 3 is 2.50 bits per heavy atom. The van der Waals surface area contributed by atoms with E-state index in [1.165, 1.54) is 11.1 Å². The van der Waals surface area contributed by atoms with E-state index in [1.807, 2.05) is 6.07 Å². The van der Waals surface area contributed by atoms with Crippen molar-refractivity contribution < 1.29 is 0 Å². The van der Waals surface area contributed by atoms with Crippen LogP contribution in [0.1, 0.15) is 36.5 Å². The molecule has 0 bridgehead atoms. The molecule has 0 aliphatic heterocycles. The topological polar surface area (TPSA) is 0 Å². The summed E-state index contributed by atoms with van der Waals surface area (Å²) >= 11 is 0. The number of benzene rings is 1. The summed E-state index contributed by atoms with van der Waals surface area (Å²) in [5.41, 5.74) is 3.83. The van der Waals surface area contributed by atoms with Crippen molar-refractivity contribution in [3.05, 3.63) is 47.5 Å². The van der Waals surface area contributed by atoms with Crippen molar-refractivity contribution in [2.45, 2.75) is 26.7 Å². The lowest BCUT2D eigenvalue weighted by atomic mass is 9.94. The monoisotopic (exact) mass is 159 g/mol. The highest BCUT2D eigenvalue weighted by atomic mass is 14.1. The molecular weight excluding hydrogens is 144 g/mol. The van der Waals surface area contributed by atoms with Gasteiger partial charge in [0.05, 0.1) is 0 Å². The smallest absolute Gasteiger partial charge is 0.0152 e. The maximum Gasteiger partial charge on any atom is -0.0152 e. The van der Waals surface area contributed by atoms with Crippen molar-refractivity contribution in [3.8, 4) is 0 Å². The first-order valence-electron chi connectivity index (χ1n) is 4.29. The Balaban J connectivity index is 3.22. The fourth-order valence-electron chi connectivity index (χ4n) is 1.47. The fraction of sp³-hybridized carbons (Fsp3) is 0.333. The average molecular weight is 159 g/mol. The Hall–Kier alpha value is -1.04. The zero-order valence-electron chi connectivity index (χ0n) is 8.02. The molecule has 0 fully saturated rings. The molecule has 0 heterocycles. The second-order valence-corrected chi connectivity index (χ2v) is 3.35. The molecule has 63 valence electrons. The van der Waals surface area contributed by atoms with Gasteiger partial charge in [0.1, 0.15) is 0 Å². The van der Waals surface area contributed by atoms with Gasteiger partial charge in [0.2, 0.25) is 0 Å². The molecular formula is C12H15. The zero-order chi connectivity index (χ0) is 9.14. The highest BCUT2D eigenvalue weighted by Gasteiger charge is 2.04. The van der Waals surface area contributed by atoms with Crippen LogP contribution in [0, 0.1) is 13.0 Å². The second-order valence-electron chi connectivity index (χ2n) is 3.35. The van der Waals surface area contributed by atoms with Gasteiger partial charge in [-0.05, 0) is 35.6 Å². The van der Waals surface area contributed by atoms with E-state index in [4.69, 9.17) is 0 Å². The minimum atomic E-state index is 0.582. The molecule has 0 amide bonds. The third-order valence-electron chi connectivity index (χ3n) is 2.19. The Morgan fingerprint density at radius 1 is 1.33 bits per heavy atom. The molecule has 0 aliphatic carbocycles. The van der Waals surface area contributed by atoms with Crippen molar-refractivity contribution in [2.75, 3.05) is 0 Å². The van der Waals surface area contributed by atoms with Crippen molar-refractivity contribution >= 4 is 0 Å². The maximum absolute atomic E-state index is 3.67. The summed E-state index contributed by atoms with van der Waals surface area (Å²) in [6.45, 7) is 10.2. The first-order valence-corrected chi connectivity index (χ1v) is 4.29. The third-order valence-corrected chi connectivity index (χ3v) is 2.19. The first-order chi connectivity index (χ1) is 5.66. The van der Waals surface area contributed by atoms with E-state index in [0.29, 0.717) is 5.92 Å². The van der Waals surface area contributed by atoms with Crippen molar-refractivity contribution in [1.29, 1.82) is 0 Å². The molecule has 1 radical (unpaired) electrons. The highest BCUT2D eigenvalue weighted by molar-refractivity contribution is 5.38. The van der Waals surface area contributed by atoms with Gasteiger partial charge < -0.3 is 0 Å². The molecule has 1 aromatic rings. The van der Waals surface area contributed by atoms with Crippen molar-refractivity contribution in [3.63, 3.8) is 0 Å². The van der Waals surface area contributed by atoms with Crippen LogP contribution in [-0.2, 0) is 0 Å². The average Bonchev–Trinajstić information content (AvgIpc) is 2.04. The van der Waals surface area contributed by atoms with Gasteiger partial charge in [-0.3, -0.25) is 0 Å². The van der Waals surface area contributed by atoms with Crippen LogP contribution in [0.4, 0.5) is 0 Å². The molecule has 0 saturated carbocycles. The van der Waals surface area contributed by atoms with Gasteiger partial charge in [0, 0.05) is 0 Å². The second kappa shape index (κ2) is 3.57. The molecule has 1 rings (SSSR count). The highest BCUT2D eigenvalue weighted by Crippen LogP contribution is 2.21. The van der Waals surface area contributed by atoms with Gasteiger partial charge in [-0.2, -0.15) is 0 Å². The van der Waals surface area contributed by atoms with Gasteiger partial charge in [-0.1, -0.05) is 38.6 Å². The van der Waals surface area contributed by atoms with Crippen LogP contribution >= 0.6 is 0 Å². The SMILES string of the molecule is C=[C]c1cccc(C(C)C)c1C. The molecule has 1 aromatic carbocycles. The molecule has 0 nitrogen and oxygen atoms in total. The summed E-state index contributed by atoms with van der Waals surface area (Å²) in [6, 6.07) is 6.28. The Bertz CT molecular complexity index is 282. The summed E-state index contributed by atoms with van der Waals surface area (Å²) < 4.78 is 0. The maximum atomic E-state index is 3.67. The predicted octanol–water partition coefficient (Wildman–Crippen LogP) is 3.46. The van der Waals surface area contributed by atoms with E-state index in [0.717, 1.165) is 5.56 Å². The zero-order valence-corrected chi connectivity index (χ0v) is 8.02. The molecule has 0 saturated heterocycles. The molecule has 12 heavy (non-hydrogen) atoms. The van der Waals surface area contributed by atoms with Crippen LogP contribution in [0.2, 0.25) is 0 Å². The summed E-state index contributed by atoms with van der Waals surface area (Å²) in [7, 11) is 0. The van der Waals surface area contributed by atoms with Gasteiger partial charge in [0.25, 0.3) is 0 Å². The minimum Gasteiger partial charge on any atom is -0.0905 e. The standard InChI is InChI=1S/C12H15/c1-5-11-7-6-8-12(9(2)3)10(11)4/h6-9H,1H2,2-4H3. The van der Waals surface area contributed by atoms with Crippen molar-refractivity contribution in [2.24, 2.45) is 0 Å².